The second-order valence-electron chi connectivity index (χ2n) is 4.62. The first-order chi connectivity index (χ1) is 10.3. The number of aliphatic hydroxyl groups is 1. The van der Waals surface area contributed by atoms with Crippen molar-refractivity contribution >= 4 is 17.3 Å². The van der Waals surface area contributed by atoms with Crippen molar-refractivity contribution in [2.45, 2.75) is 26.3 Å². The van der Waals surface area contributed by atoms with Crippen molar-refractivity contribution in [2.75, 3.05) is 18.5 Å². The summed E-state index contributed by atoms with van der Waals surface area (Å²) in [7, 11) is 0. The van der Waals surface area contributed by atoms with Crippen LogP contribution in [-0.2, 0) is 6.54 Å². The van der Waals surface area contributed by atoms with E-state index in [1.54, 1.807) is 10.9 Å². The first-order valence-corrected chi connectivity index (χ1v) is 7.13. The molecule has 112 valence electrons. The molecule has 0 amide bonds. The van der Waals surface area contributed by atoms with Crippen molar-refractivity contribution < 1.29 is 9.67 Å². The molecule has 0 aliphatic heterocycles. The summed E-state index contributed by atoms with van der Waals surface area (Å²) in [5, 5.41) is 27.1. The van der Waals surface area contributed by atoms with Crippen LogP contribution >= 0.6 is 0 Å². The minimum absolute atomic E-state index is 0.0326. The zero-order valence-corrected chi connectivity index (χ0v) is 12.2. The molecule has 7 nitrogen and oxygen atoms in total. The Labute approximate surface area is 123 Å². The van der Waals surface area contributed by atoms with E-state index in [-0.39, 0.29) is 6.61 Å². The Morgan fingerprint density at radius 1 is 1.29 bits per heavy atom. The van der Waals surface area contributed by atoms with Gasteiger partial charge in [0.05, 0.1) is 18.8 Å². The fraction of sp³-hybridized carbons (Fsp3) is 0.429. The van der Waals surface area contributed by atoms with Gasteiger partial charge in [-0.3, -0.25) is 0 Å². The van der Waals surface area contributed by atoms with E-state index in [9.17, 15) is 0 Å². The predicted octanol–water partition coefficient (Wildman–Crippen LogP) is 2.32. The molecular formula is C14H21N6O+. The minimum Gasteiger partial charge on any atom is -0.393 e. The van der Waals surface area contributed by atoms with Gasteiger partial charge in [0.15, 0.2) is 0 Å². The molecule has 0 aliphatic carbocycles. The maximum absolute atomic E-state index is 8.93. The second kappa shape index (κ2) is 8.11. The molecule has 1 aromatic heterocycles. The summed E-state index contributed by atoms with van der Waals surface area (Å²) in [4.78, 5) is 0. The van der Waals surface area contributed by atoms with E-state index in [1.165, 1.54) is 6.42 Å². The van der Waals surface area contributed by atoms with Crippen molar-refractivity contribution in [2.24, 2.45) is 10.2 Å². The van der Waals surface area contributed by atoms with Crippen molar-refractivity contribution in [3.8, 4) is 0 Å². The van der Waals surface area contributed by atoms with E-state index in [1.807, 2.05) is 24.3 Å². The Balaban J connectivity index is 1.96. The molecule has 3 N–H and O–H groups in total. The number of rotatable bonds is 8. The van der Waals surface area contributed by atoms with Crippen LogP contribution in [0, 0.1) is 0 Å². The van der Waals surface area contributed by atoms with Gasteiger partial charge in [0.2, 0.25) is 6.33 Å². The van der Waals surface area contributed by atoms with Crippen molar-refractivity contribution in [3.05, 3.63) is 30.6 Å². The van der Waals surface area contributed by atoms with E-state index in [0.29, 0.717) is 12.5 Å². The summed E-state index contributed by atoms with van der Waals surface area (Å²) >= 11 is 0. The van der Waals surface area contributed by atoms with E-state index >= 15 is 0 Å². The third-order valence-corrected chi connectivity index (χ3v) is 2.96. The first kappa shape index (κ1) is 15.1. The minimum atomic E-state index is 0.0326. The van der Waals surface area contributed by atoms with Gasteiger partial charge in [0.25, 0.3) is 0 Å². The Kier molecular flexibility index (Phi) is 5.83. The number of azo groups is 1. The van der Waals surface area contributed by atoms with E-state index in [0.717, 1.165) is 24.3 Å². The highest BCUT2D eigenvalue weighted by Gasteiger charge is 2.09. The number of nitrogens with one attached hydrogen (secondary N) is 2. The highest BCUT2D eigenvalue weighted by atomic mass is 16.3. The van der Waals surface area contributed by atoms with E-state index < -0.39 is 0 Å². The van der Waals surface area contributed by atoms with Crippen molar-refractivity contribution in [1.82, 2.24) is 10.2 Å². The van der Waals surface area contributed by atoms with Crippen molar-refractivity contribution in [1.29, 1.82) is 0 Å². The molecule has 1 aromatic carbocycles. The summed E-state index contributed by atoms with van der Waals surface area (Å²) in [6, 6.07) is 7.78. The molecule has 2 rings (SSSR count). The zero-order valence-electron chi connectivity index (χ0n) is 12.2. The number of nitrogens with zero attached hydrogens (tertiary/aromatic N) is 4. The van der Waals surface area contributed by atoms with Gasteiger partial charge in [-0.05, 0) is 35.8 Å². The van der Waals surface area contributed by atoms with Gasteiger partial charge in [-0.1, -0.05) is 18.5 Å². The first-order valence-electron chi connectivity index (χ1n) is 7.13. The Morgan fingerprint density at radius 3 is 2.81 bits per heavy atom. The van der Waals surface area contributed by atoms with E-state index in [2.05, 4.69) is 32.7 Å². The number of H-pyrrole nitrogens is 1. The highest BCUT2D eigenvalue weighted by molar-refractivity contribution is 5.50. The van der Waals surface area contributed by atoms with Crippen LogP contribution < -0.4 is 9.88 Å². The number of aliphatic hydroxyl groups excluding tert-OH is 1. The van der Waals surface area contributed by atoms with Crippen LogP contribution in [0.2, 0.25) is 0 Å². The summed E-state index contributed by atoms with van der Waals surface area (Å²) < 4.78 is 1.70. The molecule has 0 bridgehead atoms. The largest absolute Gasteiger partial charge is 0.401 e. The molecule has 0 spiro atoms. The third-order valence-electron chi connectivity index (χ3n) is 2.96. The van der Waals surface area contributed by atoms with Gasteiger partial charge in [0.1, 0.15) is 0 Å². The van der Waals surface area contributed by atoms with Crippen LogP contribution in [0.1, 0.15) is 19.8 Å². The van der Waals surface area contributed by atoms with Gasteiger partial charge in [0, 0.05) is 17.3 Å². The normalized spacial score (nSPS) is 11.1. The molecule has 1 heterocycles. The lowest BCUT2D eigenvalue weighted by atomic mass is 10.2. The summed E-state index contributed by atoms with van der Waals surface area (Å²) in [6.07, 6.45) is 3.91. The second-order valence-corrected chi connectivity index (χ2v) is 4.62. The van der Waals surface area contributed by atoms with Gasteiger partial charge >= 0.3 is 5.95 Å². The molecule has 0 atom stereocenters. The number of hydrogen-bond donors (Lipinski definition) is 3. The maximum atomic E-state index is 8.93. The van der Waals surface area contributed by atoms with Gasteiger partial charge in [-0.25, -0.2) is 4.57 Å². The smallest absolute Gasteiger partial charge is 0.393 e. The van der Waals surface area contributed by atoms with Crippen molar-refractivity contribution in [3.63, 3.8) is 0 Å². The molecule has 2 aromatic rings. The fourth-order valence-electron chi connectivity index (χ4n) is 1.79. The van der Waals surface area contributed by atoms with Gasteiger partial charge in [-0.15, -0.1) is 5.10 Å². The van der Waals surface area contributed by atoms with Crippen LogP contribution in [0.25, 0.3) is 0 Å². The summed E-state index contributed by atoms with van der Waals surface area (Å²) in [5.74, 6) is 0.509. The fourth-order valence-corrected chi connectivity index (χ4v) is 1.79. The molecule has 0 aliphatic rings. The van der Waals surface area contributed by atoms with Gasteiger partial charge in [-0.2, -0.15) is 0 Å². The molecule has 21 heavy (non-hydrogen) atoms. The number of hydrogen-bond acceptors (Lipinski definition) is 5. The molecule has 0 saturated carbocycles. The average Bonchev–Trinajstić information content (AvgIpc) is 2.94. The van der Waals surface area contributed by atoms with Crippen LogP contribution in [0.15, 0.2) is 40.8 Å². The molecule has 7 heteroatoms. The Bertz CT molecular complexity index is 563. The molecule has 0 saturated heterocycles. The zero-order chi connectivity index (χ0) is 14.9. The third kappa shape index (κ3) is 4.64. The monoisotopic (exact) mass is 289 g/mol. The maximum Gasteiger partial charge on any atom is 0.401 e. The standard InChI is InChI=1S/C14H20N6O/c1-2-3-8-15-12-4-6-13(7-5-12)17-19-14-18-16-11-20(14)9-10-21/h4-7,11,21H,2-3,8-10H2,1H3,(H,15,18,19)/p+1. The number of aromatic amines is 1. The van der Waals surface area contributed by atoms with E-state index in [4.69, 9.17) is 5.11 Å². The van der Waals surface area contributed by atoms with Crippen LogP contribution in [0.5, 0.6) is 0 Å². The van der Waals surface area contributed by atoms with Crippen LogP contribution in [0.4, 0.5) is 17.3 Å². The SMILES string of the molecule is CCCCNc1ccc(N=Nc2[nH]nc[n+]2CCO)cc1. The Hall–Kier alpha value is -2.28. The van der Waals surface area contributed by atoms with Crippen LogP contribution in [-0.4, -0.2) is 28.5 Å². The predicted molar refractivity (Wildman–Crippen MR) is 79.9 cm³/mol. The number of unbranched alkanes of at least 4 members (excludes halogenated alkanes) is 1. The lowest BCUT2D eigenvalue weighted by Gasteiger charge is -2.04. The topological polar surface area (TPSA) is 89.5 Å². The average molecular weight is 289 g/mol. The summed E-state index contributed by atoms with van der Waals surface area (Å²) in [6.45, 7) is 3.62. The lowest BCUT2D eigenvalue weighted by Crippen LogP contribution is -2.33. The molecular weight excluding hydrogens is 268 g/mol. The highest BCUT2D eigenvalue weighted by Crippen LogP contribution is 2.18. The van der Waals surface area contributed by atoms with Crippen LogP contribution in [0.3, 0.4) is 0 Å². The van der Waals surface area contributed by atoms with Gasteiger partial charge < -0.3 is 10.4 Å². The number of anilines is 1. The summed E-state index contributed by atoms with van der Waals surface area (Å²) in [5.41, 5.74) is 1.85. The number of benzene rings is 1. The quantitative estimate of drug-likeness (QED) is 0.396. The molecule has 0 unspecified atom stereocenters. The molecule has 0 fully saturated rings. The molecule has 0 radical (unpaired) electrons. The Morgan fingerprint density at radius 2 is 2.10 bits per heavy atom. The number of aromatic nitrogens is 3. The lowest BCUT2D eigenvalue weighted by molar-refractivity contribution is -0.685.